The molecule has 4 nitrogen and oxygen atoms in total. The van der Waals surface area contributed by atoms with Crippen LogP contribution in [0.1, 0.15) is 34.1 Å². The van der Waals surface area contributed by atoms with E-state index in [-0.39, 0.29) is 5.91 Å². The molecule has 2 heterocycles. The third-order valence-electron chi connectivity index (χ3n) is 3.68. The highest BCUT2D eigenvalue weighted by Gasteiger charge is 2.55. The largest absolute Gasteiger partial charge is 0.388 e. The third-order valence-corrected chi connectivity index (χ3v) is 3.68. The van der Waals surface area contributed by atoms with Crippen molar-refractivity contribution in [2.45, 2.75) is 57.4 Å². The van der Waals surface area contributed by atoms with Gasteiger partial charge in [-0.05, 0) is 27.7 Å². The molecule has 0 aromatic heterocycles. The molecule has 0 bridgehead atoms. The van der Waals surface area contributed by atoms with Gasteiger partial charge in [0.25, 0.3) is 0 Å². The number of carbonyl (C=O) groups is 1. The number of nitrogens with zero attached hydrogens (tertiary/aromatic N) is 1. The molecule has 0 aromatic carbocycles. The van der Waals surface area contributed by atoms with E-state index < -0.39 is 23.3 Å². The normalized spacial score (nSPS) is 42.0. The van der Waals surface area contributed by atoms with Crippen molar-refractivity contribution in [3.63, 3.8) is 0 Å². The number of amides is 1. The first kappa shape index (κ1) is 11.6. The Kier molecular flexibility index (Phi) is 2.23. The van der Waals surface area contributed by atoms with E-state index in [9.17, 15) is 15.0 Å². The van der Waals surface area contributed by atoms with Gasteiger partial charge in [0.15, 0.2) is 0 Å². The molecule has 0 spiro atoms. The summed E-state index contributed by atoms with van der Waals surface area (Å²) in [5.41, 5.74) is -0.931. The number of hydrogen-bond acceptors (Lipinski definition) is 3. The first-order valence-corrected chi connectivity index (χ1v) is 5.59. The maximum atomic E-state index is 12.0. The van der Waals surface area contributed by atoms with Crippen LogP contribution in [0.5, 0.6) is 0 Å². The molecule has 0 radical (unpaired) electrons. The van der Waals surface area contributed by atoms with Crippen LogP contribution in [0.2, 0.25) is 0 Å². The van der Waals surface area contributed by atoms with Gasteiger partial charge in [0.1, 0.15) is 6.10 Å². The van der Waals surface area contributed by atoms with Gasteiger partial charge in [-0.15, -0.1) is 0 Å². The molecule has 2 N–H and O–H groups in total. The molecule has 1 fully saturated rings. The van der Waals surface area contributed by atoms with E-state index in [1.54, 1.807) is 24.8 Å². The SMILES string of the molecule is CC1=CC2C(O)C(C)(O)CC(C)(C)N2C1=O. The van der Waals surface area contributed by atoms with E-state index in [1.807, 2.05) is 13.8 Å². The molecule has 4 heteroatoms. The molecular formula is C12H19NO3. The fourth-order valence-electron chi connectivity index (χ4n) is 3.07. The van der Waals surface area contributed by atoms with Crippen molar-refractivity contribution in [2.24, 2.45) is 0 Å². The van der Waals surface area contributed by atoms with E-state index in [0.717, 1.165) is 0 Å². The Morgan fingerprint density at radius 2 is 2.00 bits per heavy atom. The maximum absolute atomic E-state index is 12.0. The van der Waals surface area contributed by atoms with E-state index in [0.29, 0.717) is 12.0 Å². The second-order valence-corrected chi connectivity index (χ2v) is 5.81. The van der Waals surface area contributed by atoms with Crippen LogP contribution in [0.25, 0.3) is 0 Å². The lowest BCUT2D eigenvalue weighted by molar-refractivity contribution is -0.171. The predicted octanol–water partition coefficient (Wildman–Crippen LogP) is 0.438. The van der Waals surface area contributed by atoms with Crippen molar-refractivity contribution < 1.29 is 15.0 Å². The minimum Gasteiger partial charge on any atom is -0.388 e. The highest BCUT2D eigenvalue weighted by atomic mass is 16.3. The van der Waals surface area contributed by atoms with Gasteiger partial charge >= 0.3 is 0 Å². The molecular weight excluding hydrogens is 206 g/mol. The summed E-state index contributed by atoms with van der Waals surface area (Å²) in [7, 11) is 0. The van der Waals surface area contributed by atoms with Crippen LogP contribution in [0, 0.1) is 0 Å². The number of aliphatic hydroxyl groups is 2. The summed E-state index contributed by atoms with van der Waals surface area (Å²) < 4.78 is 0. The Morgan fingerprint density at radius 1 is 1.44 bits per heavy atom. The highest BCUT2D eigenvalue weighted by Crippen LogP contribution is 2.42. The van der Waals surface area contributed by atoms with Crippen molar-refractivity contribution in [1.82, 2.24) is 4.90 Å². The van der Waals surface area contributed by atoms with Gasteiger partial charge in [-0.2, -0.15) is 0 Å². The van der Waals surface area contributed by atoms with E-state index in [2.05, 4.69) is 0 Å². The van der Waals surface area contributed by atoms with Gasteiger partial charge in [0.2, 0.25) is 5.91 Å². The number of fused-ring (bicyclic) bond motifs is 1. The Morgan fingerprint density at radius 3 is 2.56 bits per heavy atom. The average molecular weight is 225 g/mol. The van der Waals surface area contributed by atoms with Gasteiger partial charge in [-0.1, -0.05) is 6.08 Å². The van der Waals surface area contributed by atoms with Crippen molar-refractivity contribution >= 4 is 5.91 Å². The predicted molar refractivity (Wildman–Crippen MR) is 59.7 cm³/mol. The Balaban J connectivity index is 2.45. The van der Waals surface area contributed by atoms with E-state index >= 15 is 0 Å². The molecule has 2 aliphatic heterocycles. The summed E-state index contributed by atoms with van der Waals surface area (Å²) >= 11 is 0. The quantitative estimate of drug-likeness (QED) is 0.629. The number of aliphatic hydroxyl groups excluding tert-OH is 1. The molecule has 2 aliphatic rings. The molecule has 0 saturated carbocycles. The smallest absolute Gasteiger partial charge is 0.250 e. The summed E-state index contributed by atoms with van der Waals surface area (Å²) in [4.78, 5) is 13.7. The topological polar surface area (TPSA) is 60.8 Å². The lowest BCUT2D eigenvalue weighted by Gasteiger charge is -2.52. The molecule has 90 valence electrons. The Hall–Kier alpha value is -0.870. The summed E-state index contributed by atoms with van der Waals surface area (Å²) in [6.07, 6.45) is 1.22. The monoisotopic (exact) mass is 225 g/mol. The minimum absolute atomic E-state index is 0.0375. The standard InChI is InChI=1S/C12H19NO3/c1-7-5-8-9(14)12(4,16)6-11(2,3)13(8)10(7)15/h5,8-9,14,16H,6H2,1-4H3. The Labute approximate surface area is 95.6 Å². The number of rotatable bonds is 0. The summed E-state index contributed by atoms with van der Waals surface area (Å²) in [5.74, 6) is -0.0375. The average Bonchev–Trinajstić information content (AvgIpc) is 2.39. The summed E-state index contributed by atoms with van der Waals surface area (Å²) in [6.45, 7) is 7.22. The molecule has 2 rings (SSSR count). The fourth-order valence-corrected chi connectivity index (χ4v) is 3.07. The number of piperidine rings is 1. The second kappa shape index (κ2) is 3.08. The van der Waals surface area contributed by atoms with Crippen LogP contribution >= 0.6 is 0 Å². The Bertz CT molecular complexity index is 370. The van der Waals surface area contributed by atoms with Crippen LogP contribution in [-0.4, -0.2) is 44.3 Å². The molecule has 0 aromatic rings. The van der Waals surface area contributed by atoms with Gasteiger partial charge in [-0.25, -0.2) is 0 Å². The lowest BCUT2D eigenvalue weighted by atomic mass is 9.76. The minimum atomic E-state index is -1.15. The van der Waals surface area contributed by atoms with E-state index in [4.69, 9.17) is 0 Å². The fraction of sp³-hybridized carbons (Fsp3) is 0.750. The summed E-state index contributed by atoms with van der Waals surface area (Å²) in [5, 5.41) is 20.3. The number of hydrogen-bond donors (Lipinski definition) is 2. The van der Waals surface area contributed by atoms with Crippen LogP contribution in [0.3, 0.4) is 0 Å². The first-order chi connectivity index (χ1) is 7.17. The van der Waals surface area contributed by atoms with Crippen molar-refractivity contribution in [2.75, 3.05) is 0 Å². The van der Waals surface area contributed by atoms with Gasteiger partial charge in [-0.3, -0.25) is 4.79 Å². The van der Waals surface area contributed by atoms with Gasteiger partial charge in [0, 0.05) is 17.5 Å². The zero-order chi connectivity index (χ0) is 12.3. The van der Waals surface area contributed by atoms with Crippen LogP contribution in [0.4, 0.5) is 0 Å². The summed E-state index contributed by atoms with van der Waals surface area (Å²) in [6, 6.07) is -0.397. The van der Waals surface area contributed by atoms with Crippen molar-refractivity contribution in [3.05, 3.63) is 11.6 Å². The molecule has 1 saturated heterocycles. The zero-order valence-electron chi connectivity index (χ0n) is 10.2. The van der Waals surface area contributed by atoms with Gasteiger partial charge in [0.05, 0.1) is 11.6 Å². The zero-order valence-corrected chi connectivity index (χ0v) is 10.2. The van der Waals surface area contributed by atoms with Crippen molar-refractivity contribution in [1.29, 1.82) is 0 Å². The molecule has 1 amide bonds. The lowest BCUT2D eigenvalue weighted by Crippen LogP contribution is -2.66. The number of carbonyl (C=O) groups excluding carboxylic acids is 1. The third kappa shape index (κ3) is 1.40. The molecule has 16 heavy (non-hydrogen) atoms. The maximum Gasteiger partial charge on any atom is 0.250 e. The molecule has 3 unspecified atom stereocenters. The van der Waals surface area contributed by atoms with Crippen LogP contribution in [0.15, 0.2) is 11.6 Å². The van der Waals surface area contributed by atoms with Gasteiger partial charge < -0.3 is 15.1 Å². The van der Waals surface area contributed by atoms with Crippen LogP contribution in [-0.2, 0) is 4.79 Å². The van der Waals surface area contributed by atoms with Crippen LogP contribution < -0.4 is 0 Å². The second-order valence-electron chi connectivity index (χ2n) is 5.81. The van der Waals surface area contributed by atoms with E-state index in [1.165, 1.54) is 0 Å². The molecule has 3 atom stereocenters. The first-order valence-electron chi connectivity index (χ1n) is 5.59. The van der Waals surface area contributed by atoms with Crippen molar-refractivity contribution in [3.8, 4) is 0 Å². The molecule has 0 aliphatic carbocycles. The highest BCUT2D eigenvalue weighted by molar-refractivity contribution is 5.96.